The van der Waals surface area contributed by atoms with Crippen molar-refractivity contribution in [1.82, 2.24) is 20.6 Å². The molecule has 292 valence electrons. The van der Waals surface area contributed by atoms with Gasteiger partial charge in [0, 0.05) is 67.6 Å². The van der Waals surface area contributed by atoms with Crippen LogP contribution in [0.1, 0.15) is 65.8 Å². The molecule has 0 radical (unpaired) electrons. The Labute approximate surface area is 339 Å². The molecule has 2 unspecified atom stereocenters. The fourth-order valence-electron chi connectivity index (χ4n) is 7.20. The SMILES string of the molecule is COC(=O)C1=C(C2CC(C)C2)NC(c2nccs2)=NC1c1ccc(F)cc1Cl.COC(=O)C1=C(C2CC(O)C2)NC(c2nccs2)=NC1c1ccc(F)cc1Cl. The Morgan fingerprint density at radius 2 is 1.18 bits per heavy atom. The van der Waals surface area contributed by atoms with Crippen molar-refractivity contribution >= 4 is 69.5 Å². The highest BCUT2D eigenvalue weighted by Crippen LogP contribution is 2.45. The smallest absolute Gasteiger partial charge is 0.338 e. The second kappa shape index (κ2) is 16.9. The summed E-state index contributed by atoms with van der Waals surface area (Å²) in [6.07, 6.45) is 5.95. The van der Waals surface area contributed by atoms with Gasteiger partial charge in [-0.15, -0.1) is 22.7 Å². The Bertz CT molecular complexity index is 2100. The van der Waals surface area contributed by atoms with Crippen LogP contribution in [0.4, 0.5) is 8.78 Å². The van der Waals surface area contributed by atoms with Crippen molar-refractivity contribution in [2.75, 3.05) is 14.2 Å². The molecule has 4 heterocycles. The lowest BCUT2D eigenvalue weighted by Gasteiger charge is -2.38. The van der Waals surface area contributed by atoms with E-state index in [2.05, 4.69) is 32.5 Å². The standard InChI is InChI=1S/C20H19ClFN3O2S.C19H17ClFN3O3S/c1-10-7-11(8-10)16-15(20(26)27-2)17(13-4-3-12(22)9-14(13)21)25-18(24-16)19-23-5-6-28-19;1-27-19(26)14-15(9-6-11(25)7-9)23-17(18-22-4-5-28-18)24-16(14)12-3-2-10(21)8-13(12)20/h3-6,9-11,17H,7-8H2,1-2H3,(H,24,25);2-5,8-9,11,16,25H,6-7H2,1H3,(H,23,24). The van der Waals surface area contributed by atoms with E-state index in [1.54, 1.807) is 18.5 Å². The van der Waals surface area contributed by atoms with Crippen LogP contribution in [0.25, 0.3) is 0 Å². The van der Waals surface area contributed by atoms with Gasteiger partial charge < -0.3 is 25.2 Å². The predicted molar refractivity (Wildman–Crippen MR) is 211 cm³/mol. The number of hydrogen-bond donors (Lipinski definition) is 3. The molecule has 17 heteroatoms. The van der Waals surface area contributed by atoms with E-state index in [0.29, 0.717) is 63.4 Å². The summed E-state index contributed by atoms with van der Waals surface area (Å²) < 4.78 is 37.3. The van der Waals surface area contributed by atoms with E-state index in [9.17, 15) is 23.5 Å². The van der Waals surface area contributed by atoms with Crippen LogP contribution in [0, 0.1) is 29.4 Å². The number of nitrogens with one attached hydrogen (secondary N) is 2. The minimum Gasteiger partial charge on any atom is -0.466 e. The van der Waals surface area contributed by atoms with E-state index in [4.69, 9.17) is 37.7 Å². The molecule has 2 aliphatic carbocycles. The number of carbonyl (C=O) groups is 2. The predicted octanol–water partition coefficient (Wildman–Crippen LogP) is 7.72. The number of methoxy groups -OCH3 is 2. The Morgan fingerprint density at radius 1 is 0.750 bits per heavy atom. The summed E-state index contributed by atoms with van der Waals surface area (Å²) in [7, 11) is 2.64. The third-order valence-electron chi connectivity index (χ3n) is 10.0. The van der Waals surface area contributed by atoms with E-state index in [0.717, 1.165) is 23.5 Å². The third kappa shape index (κ3) is 8.14. The molecule has 2 saturated carbocycles. The molecule has 2 aromatic heterocycles. The highest BCUT2D eigenvalue weighted by Gasteiger charge is 2.42. The molecule has 3 N–H and O–H groups in total. The van der Waals surface area contributed by atoms with Crippen molar-refractivity contribution in [3.63, 3.8) is 0 Å². The summed E-state index contributed by atoms with van der Waals surface area (Å²) in [5.74, 6) is -0.0837. The normalized spacial score (nSPS) is 24.3. The summed E-state index contributed by atoms with van der Waals surface area (Å²) in [4.78, 5) is 43.5. The zero-order chi connectivity index (χ0) is 39.7. The summed E-state index contributed by atoms with van der Waals surface area (Å²) in [6, 6.07) is 6.66. The van der Waals surface area contributed by atoms with Crippen molar-refractivity contribution in [1.29, 1.82) is 0 Å². The fourth-order valence-corrected chi connectivity index (χ4v) is 8.92. The first-order valence-corrected chi connectivity index (χ1v) is 20.2. The second-order valence-electron chi connectivity index (χ2n) is 13.8. The number of aromatic nitrogens is 2. The first-order chi connectivity index (χ1) is 26.9. The van der Waals surface area contributed by atoms with E-state index >= 15 is 0 Å². The van der Waals surface area contributed by atoms with E-state index < -0.39 is 41.8 Å². The van der Waals surface area contributed by atoms with Crippen LogP contribution in [-0.4, -0.2) is 59.0 Å². The van der Waals surface area contributed by atoms with Gasteiger partial charge in [-0.25, -0.2) is 28.3 Å². The van der Waals surface area contributed by atoms with Gasteiger partial charge in [-0.1, -0.05) is 42.3 Å². The number of aliphatic hydroxyl groups is 1. The fraction of sp³-hybridized carbons (Fsp3) is 0.333. The molecule has 56 heavy (non-hydrogen) atoms. The highest BCUT2D eigenvalue weighted by molar-refractivity contribution is 7.12. The molecule has 2 fully saturated rings. The number of benzene rings is 2. The van der Waals surface area contributed by atoms with E-state index in [-0.39, 0.29) is 21.9 Å². The van der Waals surface area contributed by atoms with Gasteiger partial charge in [0.25, 0.3) is 0 Å². The van der Waals surface area contributed by atoms with Crippen LogP contribution >= 0.6 is 45.9 Å². The van der Waals surface area contributed by atoms with Crippen LogP contribution in [0.3, 0.4) is 0 Å². The Morgan fingerprint density at radius 3 is 1.52 bits per heavy atom. The zero-order valence-corrected chi connectivity index (χ0v) is 33.4. The van der Waals surface area contributed by atoms with Crippen molar-refractivity contribution in [3.8, 4) is 0 Å². The lowest BCUT2D eigenvalue weighted by Crippen LogP contribution is -2.42. The zero-order valence-electron chi connectivity index (χ0n) is 30.3. The average Bonchev–Trinajstić information content (AvgIpc) is 3.90. The summed E-state index contributed by atoms with van der Waals surface area (Å²) in [5.41, 5.74) is 3.24. The van der Waals surface area contributed by atoms with E-state index in [1.807, 2.05) is 10.8 Å². The number of nitrogens with zero attached hydrogens (tertiary/aromatic N) is 4. The maximum absolute atomic E-state index is 13.6. The number of carbonyl (C=O) groups excluding carboxylic acids is 2. The summed E-state index contributed by atoms with van der Waals surface area (Å²) in [6.45, 7) is 2.18. The number of rotatable bonds is 8. The number of aliphatic hydroxyl groups excluding tert-OH is 1. The number of ether oxygens (including phenoxy) is 2. The molecule has 4 aromatic rings. The van der Waals surface area contributed by atoms with Gasteiger partial charge in [0.1, 0.15) is 23.7 Å². The summed E-state index contributed by atoms with van der Waals surface area (Å²) in [5, 5.41) is 21.8. The Balaban J connectivity index is 0.000000172. The van der Waals surface area contributed by atoms with Crippen molar-refractivity contribution in [2.45, 2.75) is 50.8 Å². The molecule has 8 rings (SSSR count). The average molecular weight is 842 g/mol. The van der Waals surface area contributed by atoms with Crippen molar-refractivity contribution < 1.29 is 33.0 Å². The van der Waals surface area contributed by atoms with Gasteiger partial charge in [-0.2, -0.15) is 0 Å². The number of esters is 2. The second-order valence-corrected chi connectivity index (χ2v) is 16.4. The van der Waals surface area contributed by atoms with Crippen LogP contribution in [-0.2, 0) is 19.1 Å². The largest absolute Gasteiger partial charge is 0.466 e. The third-order valence-corrected chi connectivity index (χ3v) is 12.3. The Hall–Kier alpha value is -4.54. The molecule has 2 atom stereocenters. The molecular formula is C39H36Cl2F2N6O5S2. The van der Waals surface area contributed by atoms with Crippen LogP contribution in [0.5, 0.6) is 0 Å². The number of aliphatic imine (C=N–C) groups is 2. The number of hydrogen-bond acceptors (Lipinski definition) is 13. The monoisotopic (exact) mass is 840 g/mol. The topological polar surface area (TPSA) is 147 Å². The van der Waals surface area contributed by atoms with E-state index in [1.165, 1.54) is 67.2 Å². The van der Waals surface area contributed by atoms with Crippen LogP contribution < -0.4 is 10.6 Å². The van der Waals surface area contributed by atoms with Gasteiger partial charge in [-0.05, 0) is 55.9 Å². The maximum Gasteiger partial charge on any atom is 0.338 e. The molecule has 2 aliphatic heterocycles. The number of allylic oxidation sites excluding steroid dienone is 2. The van der Waals surface area contributed by atoms with Crippen LogP contribution in [0.2, 0.25) is 10.0 Å². The van der Waals surface area contributed by atoms with Crippen molar-refractivity contribution in [2.24, 2.45) is 27.7 Å². The van der Waals surface area contributed by atoms with Gasteiger partial charge in [-0.3, -0.25) is 9.98 Å². The van der Waals surface area contributed by atoms with Gasteiger partial charge >= 0.3 is 11.9 Å². The number of halogens is 4. The molecule has 0 bridgehead atoms. The highest BCUT2D eigenvalue weighted by atomic mass is 35.5. The molecule has 11 nitrogen and oxygen atoms in total. The lowest BCUT2D eigenvalue weighted by molar-refractivity contribution is -0.137. The minimum atomic E-state index is -0.770. The Kier molecular flexibility index (Phi) is 12.0. The lowest BCUT2D eigenvalue weighted by atomic mass is 9.72. The molecule has 0 saturated heterocycles. The van der Waals surface area contributed by atoms with Crippen LogP contribution in [0.15, 0.2) is 92.1 Å². The quantitative estimate of drug-likeness (QED) is 0.152. The molecule has 0 spiro atoms. The number of thiazole rings is 2. The molecule has 2 aromatic carbocycles. The minimum absolute atomic E-state index is 0.0451. The first kappa shape index (κ1) is 39.7. The molecule has 4 aliphatic rings. The van der Waals surface area contributed by atoms with Gasteiger partial charge in [0.2, 0.25) is 0 Å². The molecular weight excluding hydrogens is 806 g/mol. The number of amidine groups is 2. The maximum atomic E-state index is 13.6. The summed E-state index contributed by atoms with van der Waals surface area (Å²) >= 11 is 15.5. The van der Waals surface area contributed by atoms with Crippen molar-refractivity contribution in [3.05, 3.63) is 125 Å². The molecule has 0 amide bonds. The van der Waals surface area contributed by atoms with Gasteiger partial charge in [0.15, 0.2) is 21.7 Å². The van der Waals surface area contributed by atoms with Gasteiger partial charge in [0.05, 0.1) is 31.5 Å². The first-order valence-electron chi connectivity index (χ1n) is 17.7.